The molecule has 3 amide bonds. The predicted molar refractivity (Wildman–Crippen MR) is 308 cm³/mol. The molecule has 0 saturated carbocycles. The molecular formula is C54H56Cl2F13N10O10Pd-. The van der Waals surface area contributed by atoms with Crippen LogP contribution in [0.5, 0.6) is 0 Å². The van der Waals surface area contributed by atoms with Gasteiger partial charge in [0.25, 0.3) is 28.4 Å². The van der Waals surface area contributed by atoms with E-state index in [1.165, 1.54) is 37.5 Å². The number of aromatic nitrogens is 3. The number of primary amides is 1. The van der Waals surface area contributed by atoms with Crippen molar-refractivity contribution in [2.75, 3.05) is 23.0 Å². The minimum Gasteiger partial charge on any atom is -0.466 e. The van der Waals surface area contributed by atoms with E-state index in [0.29, 0.717) is 12.3 Å². The van der Waals surface area contributed by atoms with Crippen LogP contribution in [-0.4, -0.2) is 60.3 Å². The summed E-state index contributed by atoms with van der Waals surface area (Å²) < 4.78 is 151. The van der Waals surface area contributed by atoms with Crippen molar-refractivity contribution in [3.8, 4) is 0 Å². The standard InChI is InChI=1S/C13H8F3N3O3.C13H10F3N3O.C8H4ClF3O.C8H6F3NO.C5H3ClN2O2.C4H8O2.2CH4.CH3.FH.H3N.Pd.H2/c14-13(15,16)9-3-1-8(2-4-9)12(20)18-11-7-10(19(21)22)5-6-17-11;14-13(15,16)9-3-1-8(2-4-9)12(20)19-11-7-10(17)5-6-18-11;9-7(13)5-1-3-6(4-2-5)8(10,11)12;9-8(10,11)6-3-1-5(2-4-6)7(12)13;6-5-3-4(8(9)10)1-2-7-5;1-3-6-4(2)5;;;;;;;/h1-7H,(H,17,18,20);1-7H,(H3,17,18,19,20);1-4H;1-4H,(H2,12,13);1-3H;3H2,1-2H3;2*1H4;1H3;1H;1H3;;1H/q;;;;;;;;-1;;;;. The van der Waals surface area contributed by atoms with Crippen molar-refractivity contribution >= 4 is 80.8 Å². The summed E-state index contributed by atoms with van der Waals surface area (Å²) >= 11 is 10.4. The molecule has 4 aromatic carbocycles. The Bertz CT molecular complexity index is 3310. The second-order valence-corrected chi connectivity index (χ2v) is 16.2. The van der Waals surface area contributed by atoms with Crippen LogP contribution >= 0.6 is 23.2 Å². The number of hydrogen-bond donors (Lipinski definition) is 5. The topological polar surface area (TPSA) is 331 Å². The molecule has 0 bridgehead atoms. The van der Waals surface area contributed by atoms with E-state index >= 15 is 0 Å². The molecule has 3 aromatic heterocycles. The summed E-state index contributed by atoms with van der Waals surface area (Å²) in [6.07, 6.45) is -13.8. The van der Waals surface area contributed by atoms with Gasteiger partial charge in [0.05, 0.1) is 50.8 Å². The second kappa shape index (κ2) is 41.1. The van der Waals surface area contributed by atoms with Crippen LogP contribution in [0.3, 0.4) is 0 Å². The molecule has 0 aliphatic heterocycles. The Hall–Kier alpha value is -9.23. The predicted octanol–water partition coefficient (Wildman–Crippen LogP) is 15.6. The number of rotatable bonds is 9. The van der Waals surface area contributed by atoms with Crippen molar-refractivity contribution in [1.29, 1.82) is 0 Å². The number of alkyl halides is 12. The van der Waals surface area contributed by atoms with E-state index in [-0.39, 0.29) is 111 Å². The number of ether oxygens (including phenoxy) is 1. The van der Waals surface area contributed by atoms with Crippen molar-refractivity contribution in [1.82, 2.24) is 21.1 Å². The number of nitrogens with zero attached hydrogens (tertiary/aromatic N) is 5. The molecule has 0 aliphatic carbocycles. The van der Waals surface area contributed by atoms with Crippen molar-refractivity contribution in [3.63, 3.8) is 0 Å². The molecule has 0 atom stereocenters. The van der Waals surface area contributed by atoms with Gasteiger partial charge >= 0.3 is 30.7 Å². The van der Waals surface area contributed by atoms with Gasteiger partial charge in [0.1, 0.15) is 16.8 Å². The van der Waals surface area contributed by atoms with Crippen molar-refractivity contribution in [3.05, 3.63) is 229 Å². The molecule has 20 nitrogen and oxygen atoms in total. The molecule has 7 rings (SSSR count). The van der Waals surface area contributed by atoms with Gasteiger partial charge in [-0.3, -0.25) is 48.9 Å². The molecule has 7 aromatic rings. The number of amides is 3. The Balaban J connectivity index is -0.000000243. The molecule has 0 fully saturated rings. The number of benzene rings is 4. The van der Waals surface area contributed by atoms with Gasteiger partial charge in [-0.2, -0.15) is 52.7 Å². The number of pyridine rings is 3. The number of carbonyl (C=O) groups is 5. The molecule has 0 radical (unpaired) electrons. The maximum atomic E-state index is 12.4. The van der Waals surface area contributed by atoms with E-state index < -0.39 is 79.8 Å². The Labute approximate surface area is 529 Å². The normalized spacial score (nSPS) is 10.0. The van der Waals surface area contributed by atoms with E-state index in [1.807, 2.05) is 0 Å². The first kappa shape index (κ1) is 89.5. The first-order valence-corrected chi connectivity index (χ1v) is 23.2. The maximum absolute atomic E-state index is 12.4. The summed E-state index contributed by atoms with van der Waals surface area (Å²) in [7, 11) is 0. The number of anilines is 3. The van der Waals surface area contributed by atoms with Crippen molar-refractivity contribution in [2.24, 2.45) is 5.73 Å². The average Bonchev–Trinajstić information content (AvgIpc) is 3.11. The summed E-state index contributed by atoms with van der Waals surface area (Å²) in [5.74, 6) is -2.07. The maximum Gasteiger partial charge on any atom is 0.416 e. The third-order valence-electron chi connectivity index (χ3n) is 9.37. The van der Waals surface area contributed by atoms with E-state index in [0.717, 1.165) is 115 Å². The summed E-state index contributed by atoms with van der Waals surface area (Å²) in [6, 6.07) is 22.6. The first-order chi connectivity index (χ1) is 38.9. The number of nitro groups is 2. The van der Waals surface area contributed by atoms with Crippen LogP contribution in [0.15, 0.2) is 152 Å². The summed E-state index contributed by atoms with van der Waals surface area (Å²) in [5.41, 5.74) is 7.40. The zero-order valence-electron chi connectivity index (χ0n) is 44.8. The third-order valence-corrected chi connectivity index (χ3v) is 9.80. The number of hydrogen-bond acceptors (Lipinski definition) is 15. The Morgan fingerprint density at radius 2 is 0.856 bits per heavy atom. The van der Waals surface area contributed by atoms with Gasteiger partial charge in [-0.05, 0) is 122 Å². The van der Waals surface area contributed by atoms with Gasteiger partial charge in [0.2, 0.25) is 5.91 Å². The molecule has 0 unspecified atom stereocenters. The van der Waals surface area contributed by atoms with E-state index in [1.54, 1.807) is 13.0 Å². The number of nitrogens with one attached hydrogen (secondary N) is 2. The number of nitrogen functional groups attached to an aromatic ring is 1. The minimum absolute atomic E-state index is 0. The fourth-order valence-electron chi connectivity index (χ4n) is 5.44. The summed E-state index contributed by atoms with van der Waals surface area (Å²) in [6.45, 7) is 3.65. The zero-order valence-corrected chi connectivity index (χ0v) is 47.9. The summed E-state index contributed by atoms with van der Waals surface area (Å²) in [4.78, 5) is 85.2. The van der Waals surface area contributed by atoms with E-state index in [9.17, 15) is 96.9 Å². The fraction of sp³-hybridized carbons (Fsp3) is 0.167. The van der Waals surface area contributed by atoms with Crippen LogP contribution in [0.1, 0.15) is 93.8 Å². The quantitative estimate of drug-likeness (QED) is 0.0131. The molecule has 90 heavy (non-hydrogen) atoms. The van der Waals surface area contributed by atoms with Crippen LogP contribution in [0.25, 0.3) is 0 Å². The SMILES string of the molecule is C.C.CCOC(C)=O.F.N.NC(=O)c1ccc(C(F)(F)F)cc1.Nc1ccnc(NC(=O)c2ccc(C(F)(F)F)cc2)c1.O=C(Cl)c1ccc(C(F)(F)F)cc1.O=C(Nc1cc([N+](=O)[O-])ccn1)c1ccc(C(F)(F)F)cc1.O=[N+]([O-])c1ccnc(Cl)c1.[CH3-].[HH].[Pd]. The van der Waals surface area contributed by atoms with Crippen LogP contribution in [0, 0.1) is 27.7 Å². The Kier molecular flexibility index (Phi) is 40.9. The van der Waals surface area contributed by atoms with Gasteiger partial charge in [0.15, 0.2) is 0 Å². The smallest absolute Gasteiger partial charge is 0.416 e. The number of halogens is 15. The van der Waals surface area contributed by atoms with Crippen LogP contribution in [0.4, 0.5) is 86.1 Å². The van der Waals surface area contributed by atoms with E-state index in [4.69, 9.17) is 34.7 Å². The van der Waals surface area contributed by atoms with Gasteiger partial charge in [-0.15, -0.1) is 0 Å². The van der Waals surface area contributed by atoms with Gasteiger partial charge < -0.3 is 40.4 Å². The molecule has 9 N–H and O–H groups in total. The summed E-state index contributed by atoms with van der Waals surface area (Å²) in [5, 5.41) is 24.8. The monoisotopic (exact) mass is 1430 g/mol. The molecular weight excluding hydrogens is 1370 g/mol. The van der Waals surface area contributed by atoms with Gasteiger partial charge in [-0.25, -0.2) is 15.0 Å². The van der Waals surface area contributed by atoms with Crippen LogP contribution in [0.2, 0.25) is 5.15 Å². The number of esters is 1. The van der Waals surface area contributed by atoms with Crippen molar-refractivity contribution < 1.29 is 118 Å². The fourth-order valence-corrected chi connectivity index (χ4v) is 5.73. The molecule has 498 valence electrons. The zero-order chi connectivity index (χ0) is 63.8. The van der Waals surface area contributed by atoms with Crippen LogP contribution in [-0.2, 0) is 54.7 Å². The van der Waals surface area contributed by atoms with Crippen molar-refractivity contribution in [2.45, 2.75) is 53.4 Å². The molecule has 0 aliphatic rings. The Morgan fingerprint density at radius 3 is 1.11 bits per heavy atom. The average molecular weight is 1430 g/mol. The Morgan fingerprint density at radius 1 is 0.556 bits per heavy atom. The molecule has 3 heterocycles. The minimum atomic E-state index is -4.49. The number of carbonyl (C=O) groups excluding carboxylic acids is 5. The largest absolute Gasteiger partial charge is 0.466 e. The third kappa shape index (κ3) is 33.2. The van der Waals surface area contributed by atoms with E-state index in [2.05, 4.69) is 30.3 Å². The second-order valence-electron chi connectivity index (χ2n) is 15.5. The first-order valence-electron chi connectivity index (χ1n) is 22.5. The number of nitrogens with two attached hydrogens (primary N) is 2. The van der Waals surface area contributed by atoms with Gasteiger partial charge in [0, 0.05) is 93.5 Å². The molecule has 0 saturated heterocycles. The molecule has 36 heteroatoms. The van der Waals surface area contributed by atoms with Crippen LogP contribution < -0.4 is 28.3 Å². The molecule has 0 spiro atoms. The van der Waals surface area contributed by atoms with Gasteiger partial charge in [-0.1, -0.05) is 26.5 Å².